The number of ether oxygens (including phenoxy) is 2. The summed E-state index contributed by atoms with van der Waals surface area (Å²) in [6, 6.07) is 6.28. The van der Waals surface area contributed by atoms with Crippen LogP contribution in [0.5, 0.6) is 5.75 Å². The molecule has 6 nitrogen and oxygen atoms in total. The van der Waals surface area contributed by atoms with Crippen LogP contribution in [0.1, 0.15) is 18.1 Å². The molecule has 6 heteroatoms. The number of aryl methyl sites for hydroxylation is 1. The number of benzene rings is 1. The predicted molar refractivity (Wildman–Crippen MR) is 103 cm³/mol. The monoisotopic (exact) mass is 348 g/mol. The van der Waals surface area contributed by atoms with Crippen molar-refractivity contribution in [3.63, 3.8) is 0 Å². The Morgan fingerprint density at radius 3 is 2.96 bits per heavy atom. The molecule has 1 aliphatic heterocycles. The minimum absolute atomic E-state index is 0.172. The Morgan fingerprint density at radius 1 is 1.40 bits per heavy atom. The number of guanidine groups is 1. The van der Waals surface area contributed by atoms with E-state index in [1.54, 1.807) is 7.11 Å². The third kappa shape index (κ3) is 6.55. The van der Waals surface area contributed by atoms with Crippen molar-refractivity contribution in [1.29, 1.82) is 0 Å². The number of nitrogens with zero attached hydrogens (tertiary/aromatic N) is 2. The lowest BCUT2D eigenvalue weighted by molar-refractivity contribution is -0.0136. The number of hydrogen-bond donors (Lipinski definition) is 2. The van der Waals surface area contributed by atoms with E-state index in [4.69, 9.17) is 9.47 Å². The maximum absolute atomic E-state index is 5.77. The van der Waals surface area contributed by atoms with Crippen molar-refractivity contribution in [2.45, 2.75) is 26.4 Å². The molecule has 0 radical (unpaired) electrons. The fraction of sp³-hybridized carbons (Fsp3) is 0.632. The number of morpholine rings is 1. The van der Waals surface area contributed by atoms with Crippen molar-refractivity contribution in [2.24, 2.45) is 4.99 Å². The van der Waals surface area contributed by atoms with Crippen molar-refractivity contribution in [3.05, 3.63) is 29.3 Å². The van der Waals surface area contributed by atoms with Gasteiger partial charge in [0, 0.05) is 26.2 Å². The molecule has 1 atom stereocenters. The smallest absolute Gasteiger partial charge is 0.191 e. The van der Waals surface area contributed by atoms with Crippen LogP contribution in [0.25, 0.3) is 0 Å². The summed E-state index contributed by atoms with van der Waals surface area (Å²) in [6.07, 6.45) is 1.06. The second-order valence-electron chi connectivity index (χ2n) is 6.47. The summed E-state index contributed by atoms with van der Waals surface area (Å²) in [7, 11) is 3.84. The van der Waals surface area contributed by atoms with Crippen molar-refractivity contribution in [2.75, 3.05) is 53.5 Å². The summed E-state index contributed by atoms with van der Waals surface area (Å²) in [5.41, 5.74) is 2.46. The second kappa shape index (κ2) is 10.3. The van der Waals surface area contributed by atoms with E-state index in [1.807, 2.05) is 6.07 Å². The van der Waals surface area contributed by atoms with Gasteiger partial charge < -0.3 is 25.0 Å². The van der Waals surface area contributed by atoms with Gasteiger partial charge in [0.15, 0.2) is 5.96 Å². The fourth-order valence-electron chi connectivity index (χ4n) is 2.93. The normalized spacial score (nSPS) is 18.9. The maximum atomic E-state index is 5.77. The molecule has 0 aromatic heterocycles. The topological polar surface area (TPSA) is 58.1 Å². The summed E-state index contributed by atoms with van der Waals surface area (Å²) >= 11 is 0. The second-order valence-corrected chi connectivity index (χ2v) is 6.47. The molecule has 0 aliphatic carbocycles. The lowest BCUT2D eigenvalue weighted by Crippen LogP contribution is -2.43. The highest BCUT2D eigenvalue weighted by Crippen LogP contribution is 2.19. The van der Waals surface area contributed by atoms with Crippen LogP contribution in [0.15, 0.2) is 23.2 Å². The Balaban J connectivity index is 1.86. The molecule has 0 bridgehead atoms. The molecule has 2 N–H and O–H groups in total. The molecule has 25 heavy (non-hydrogen) atoms. The zero-order chi connectivity index (χ0) is 18.1. The van der Waals surface area contributed by atoms with Crippen molar-refractivity contribution in [1.82, 2.24) is 15.5 Å². The number of hydrogen-bond acceptors (Lipinski definition) is 4. The third-order valence-corrected chi connectivity index (χ3v) is 4.26. The molecule has 140 valence electrons. The van der Waals surface area contributed by atoms with E-state index >= 15 is 0 Å². The summed E-state index contributed by atoms with van der Waals surface area (Å²) in [5.74, 6) is 1.78. The molecule has 0 amide bonds. The predicted octanol–water partition coefficient (Wildman–Crippen LogP) is 1.43. The van der Waals surface area contributed by atoms with Crippen molar-refractivity contribution < 1.29 is 9.47 Å². The number of aliphatic imine (C=N–C) groups is 1. The first-order valence-electron chi connectivity index (χ1n) is 9.08. The summed E-state index contributed by atoms with van der Waals surface area (Å²) in [6.45, 7) is 9.21. The molecule has 0 saturated carbocycles. The van der Waals surface area contributed by atoms with Gasteiger partial charge in [0.05, 0.1) is 26.4 Å². The third-order valence-electron chi connectivity index (χ3n) is 4.26. The van der Waals surface area contributed by atoms with E-state index in [-0.39, 0.29) is 6.10 Å². The minimum atomic E-state index is 0.172. The van der Waals surface area contributed by atoms with Crippen LogP contribution in [0, 0.1) is 6.92 Å². The number of rotatable bonds is 7. The van der Waals surface area contributed by atoms with Gasteiger partial charge in [0.1, 0.15) is 5.75 Å². The van der Waals surface area contributed by atoms with E-state index in [9.17, 15) is 0 Å². The first kappa shape index (κ1) is 19.5. The Hall–Kier alpha value is -1.79. The molecule has 2 rings (SSSR count). The van der Waals surface area contributed by atoms with Crippen LogP contribution in [0.4, 0.5) is 0 Å². The molecule has 1 heterocycles. The largest absolute Gasteiger partial charge is 0.496 e. The van der Waals surface area contributed by atoms with Gasteiger partial charge in [0.25, 0.3) is 0 Å². The number of nitrogens with one attached hydrogen (secondary N) is 2. The van der Waals surface area contributed by atoms with Gasteiger partial charge in [-0.05, 0) is 38.9 Å². The zero-order valence-electron chi connectivity index (χ0n) is 16.0. The van der Waals surface area contributed by atoms with E-state index < -0.39 is 0 Å². The summed E-state index contributed by atoms with van der Waals surface area (Å²) in [5, 5.41) is 6.70. The van der Waals surface area contributed by atoms with Crippen LogP contribution in [-0.4, -0.2) is 70.5 Å². The first-order chi connectivity index (χ1) is 12.1. The van der Waals surface area contributed by atoms with Gasteiger partial charge in [0.2, 0.25) is 0 Å². The number of methoxy groups -OCH3 is 1. The van der Waals surface area contributed by atoms with E-state index in [0.717, 1.165) is 50.9 Å². The van der Waals surface area contributed by atoms with Crippen LogP contribution in [0.2, 0.25) is 0 Å². The van der Waals surface area contributed by atoms with E-state index in [2.05, 4.69) is 53.6 Å². The quantitative estimate of drug-likeness (QED) is 0.577. The Kier molecular flexibility index (Phi) is 8.01. The highest BCUT2D eigenvalue weighted by molar-refractivity contribution is 5.79. The lowest BCUT2D eigenvalue weighted by atomic mass is 10.1. The zero-order valence-corrected chi connectivity index (χ0v) is 16.0. The molecule has 1 aromatic carbocycles. The van der Waals surface area contributed by atoms with Gasteiger partial charge in [-0.3, -0.25) is 4.99 Å². The Bertz CT molecular complexity index is 562. The average Bonchev–Trinajstić information content (AvgIpc) is 2.60. The summed E-state index contributed by atoms with van der Waals surface area (Å²) in [4.78, 5) is 6.96. The fourth-order valence-corrected chi connectivity index (χ4v) is 2.93. The molecule has 1 fully saturated rings. The van der Waals surface area contributed by atoms with Gasteiger partial charge in [-0.2, -0.15) is 0 Å². The molecular formula is C19H32N4O2. The molecule has 1 aliphatic rings. The molecule has 1 saturated heterocycles. The van der Waals surface area contributed by atoms with Crippen LogP contribution < -0.4 is 15.4 Å². The highest BCUT2D eigenvalue weighted by Gasteiger charge is 2.17. The Morgan fingerprint density at radius 2 is 2.24 bits per heavy atom. The lowest BCUT2D eigenvalue weighted by Gasteiger charge is -2.29. The van der Waals surface area contributed by atoms with Crippen LogP contribution in [0.3, 0.4) is 0 Å². The molecule has 0 spiro atoms. The standard InChI is InChI=1S/C19H32N4O2/c1-5-20-19(22-13-17-14-23(3)10-11-25-17)21-9-8-16-12-15(2)6-7-18(16)24-4/h6-7,12,17H,5,8-11,13-14H2,1-4H3,(H2,20,21,22). The molecule has 1 unspecified atom stereocenters. The highest BCUT2D eigenvalue weighted by atomic mass is 16.5. The van der Waals surface area contributed by atoms with E-state index in [1.165, 1.54) is 11.1 Å². The van der Waals surface area contributed by atoms with E-state index in [0.29, 0.717) is 6.54 Å². The van der Waals surface area contributed by atoms with Crippen molar-refractivity contribution in [3.8, 4) is 5.75 Å². The first-order valence-corrected chi connectivity index (χ1v) is 9.08. The van der Waals surface area contributed by atoms with Crippen LogP contribution >= 0.6 is 0 Å². The van der Waals surface area contributed by atoms with Crippen LogP contribution in [-0.2, 0) is 11.2 Å². The Labute approximate surface area is 151 Å². The summed E-state index contributed by atoms with van der Waals surface area (Å²) < 4.78 is 11.2. The SMILES string of the molecule is CCNC(=NCC1CN(C)CCO1)NCCc1cc(C)ccc1OC. The van der Waals surface area contributed by atoms with Gasteiger partial charge in [-0.25, -0.2) is 0 Å². The van der Waals surface area contributed by atoms with Gasteiger partial charge in [-0.15, -0.1) is 0 Å². The number of likely N-dealkylation sites (N-methyl/N-ethyl adjacent to an activating group) is 1. The van der Waals surface area contributed by atoms with Crippen molar-refractivity contribution >= 4 is 5.96 Å². The maximum Gasteiger partial charge on any atom is 0.191 e. The average molecular weight is 348 g/mol. The van der Waals surface area contributed by atoms with Gasteiger partial charge >= 0.3 is 0 Å². The van der Waals surface area contributed by atoms with Gasteiger partial charge in [-0.1, -0.05) is 17.7 Å². The minimum Gasteiger partial charge on any atom is -0.496 e. The molecular weight excluding hydrogens is 316 g/mol. The molecule has 1 aromatic rings.